The van der Waals surface area contributed by atoms with Crippen molar-refractivity contribution in [2.45, 2.75) is 31.3 Å². The number of carbonyl (C=O) groups excluding carboxylic acids is 1. The summed E-state index contributed by atoms with van der Waals surface area (Å²) in [7, 11) is -3.74. The minimum Gasteiger partial charge on any atom is -0.351 e. The van der Waals surface area contributed by atoms with Crippen molar-refractivity contribution in [2.75, 3.05) is 0 Å². The van der Waals surface area contributed by atoms with Gasteiger partial charge in [0.25, 0.3) is 0 Å². The topological polar surface area (TPSA) is 75.3 Å². The van der Waals surface area contributed by atoms with E-state index in [4.69, 9.17) is 11.6 Å². The van der Waals surface area contributed by atoms with Crippen LogP contribution in [0.25, 0.3) is 0 Å². The monoisotopic (exact) mass is 366 g/mol. The largest absolute Gasteiger partial charge is 0.351 e. The third kappa shape index (κ3) is 5.06. The van der Waals surface area contributed by atoms with Gasteiger partial charge in [-0.2, -0.15) is 4.72 Å². The molecule has 2 aromatic rings. The Hall–Kier alpha value is -1.89. The lowest BCUT2D eigenvalue weighted by Gasteiger charge is -2.14. The van der Waals surface area contributed by atoms with Crippen molar-refractivity contribution in [1.82, 2.24) is 10.0 Å². The standard InChI is InChI=1S/C17H19ClN2O3S/c1-12-3-9-16(10-4-12)24(22,23)20-13(2)17(21)19-11-14-5-7-15(18)8-6-14/h3-10,13,20H,11H2,1-2H3,(H,19,21)/t13-/m0/s1. The molecule has 1 amide bonds. The predicted octanol–water partition coefficient (Wildman–Crippen LogP) is 2.63. The molecule has 0 aliphatic carbocycles. The molecule has 0 bridgehead atoms. The molecule has 7 heteroatoms. The lowest BCUT2D eigenvalue weighted by atomic mass is 10.2. The SMILES string of the molecule is Cc1ccc(S(=O)(=O)N[C@@H](C)C(=O)NCc2ccc(Cl)cc2)cc1. The van der Waals surface area contributed by atoms with Crippen molar-refractivity contribution < 1.29 is 13.2 Å². The van der Waals surface area contributed by atoms with Crippen LogP contribution in [-0.4, -0.2) is 20.4 Å². The summed E-state index contributed by atoms with van der Waals surface area (Å²) in [5.74, 6) is -0.402. The summed E-state index contributed by atoms with van der Waals surface area (Å²) >= 11 is 5.80. The van der Waals surface area contributed by atoms with Crippen LogP contribution in [-0.2, 0) is 21.4 Å². The van der Waals surface area contributed by atoms with Gasteiger partial charge in [-0.15, -0.1) is 0 Å². The molecule has 2 N–H and O–H groups in total. The number of rotatable bonds is 6. The van der Waals surface area contributed by atoms with Gasteiger partial charge < -0.3 is 5.32 Å². The lowest BCUT2D eigenvalue weighted by Crippen LogP contribution is -2.44. The third-order valence-electron chi connectivity index (χ3n) is 3.44. The van der Waals surface area contributed by atoms with Crippen LogP contribution >= 0.6 is 11.6 Å². The molecule has 0 spiro atoms. The Morgan fingerprint density at radius 3 is 2.25 bits per heavy atom. The number of sulfonamides is 1. The average Bonchev–Trinajstić information content (AvgIpc) is 2.54. The predicted molar refractivity (Wildman–Crippen MR) is 94.3 cm³/mol. The molecule has 0 radical (unpaired) electrons. The maximum Gasteiger partial charge on any atom is 0.241 e. The molecule has 0 fully saturated rings. The average molecular weight is 367 g/mol. The van der Waals surface area contributed by atoms with Crippen LogP contribution in [0.4, 0.5) is 0 Å². The summed E-state index contributed by atoms with van der Waals surface area (Å²) in [5, 5.41) is 3.31. The minimum atomic E-state index is -3.74. The van der Waals surface area contributed by atoms with Crippen LogP contribution in [0.3, 0.4) is 0 Å². The fraction of sp³-hybridized carbons (Fsp3) is 0.235. The first-order chi connectivity index (χ1) is 11.3. The first-order valence-corrected chi connectivity index (χ1v) is 9.25. The van der Waals surface area contributed by atoms with Crippen molar-refractivity contribution in [1.29, 1.82) is 0 Å². The third-order valence-corrected chi connectivity index (χ3v) is 5.25. The molecule has 0 unspecified atom stereocenters. The number of hydrogen-bond acceptors (Lipinski definition) is 3. The molecule has 24 heavy (non-hydrogen) atoms. The number of halogens is 1. The number of amides is 1. The maximum absolute atomic E-state index is 12.3. The fourth-order valence-corrected chi connectivity index (χ4v) is 3.35. The van der Waals surface area contributed by atoms with Crippen molar-refractivity contribution in [3.8, 4) is 0 Å². The Morgan fingerprint density at radius 2 is 1.67 bits per heavy atom. The fourth-order valence-electron chi connectivity index (χ4n) is 2.02. The quantitative estimate of drug-likeness (QED) is 0.825. The summed E-state index contributed by atoms with van der Waals surface area (Å²) in [6, 6.07) is 12.6. The molecule has 0 aliphatic rings. The molecule has 0 aromatic heterocycles. The van der Waals surface area contributed by atoms with Gasteiger partial charge in [0.15, 0.2) is 0 Å². The number of benzene rings is 2. The highest BCUT2D eigenvalue weighted by Crippen LogP contribution is 2.11. The zero-order valence-electron chi connectivity index (χ0n) is 13.4. The van der Waals surface area contributed by atoms with Crippen LogP contribution in [0.5, 0.6) is 0 Å². The molecule has 1 atom stereocenters. The Kier molecular flexibility index (Phi) is 5.99. The molecule has 2 rings (SSSR count). The van der Waals surface area contributed by atoms with Gasteiger partial charge in [0.1, 0.15) is 0 Å². The van der Waals surface area contributed by atoms with Crippen molar-refractivity contribution in [3.63, 3.8) is 0 Å². The highest BCUT2D eigenvalue weighted by Gasteiger charge is 2.21. The second-order valence-electron chi connectivity index (χ2n) is 5.50. The number of nitrogens with one attached hydrogen (secondary N) is 2. The van der Waals surface area contributed by atoms with E-state index in [0.717, 1.165) is 11.1 Å². The minimum absolute atomic E-state index is 0.130. The highest BCUT2D eigenvalue weighted by atomic mass is 35.5. The zero-order valence-corrected chi connectivity index (χ0v) is 15.0. The molecular formula is C17H19ClN2O3S. The van der Waals surface area contributed by atoms with Gasteiger partial charge in [-0.1, -0.05) is 41.4 Å². The summed E-state index contributed by atoms with van der Waals surface area (Å²) in [5.41, 5.74) is 1.84. The van der Waals surface area contributed by atoms with Crippen LogP contribution in [0, 0.1) is 6.92 Å². The van der Waals surface area contributed by atoms with E-state index < -0.39 is 22.0 Å². The molecule has 0 saturated carbocycles. The number of hydrogen-bond donors (Lipinski definition) is 2. The summed E-state index contributed by atoms with van der Waals surface area (Å²) in [6.07, 6.45) is 0. The van der Waals surface area contributed by atoms with Gasteiger partial charge in [-0.25, -0.2) is 8.42 Å². The second kappa shape index (κ2) is 7.79. The summed E-state index contributed by atoms with van der Waals surface area (Å²) < 4.78 is 26.9. The first kappa shape index (κ1) is 18.4. The Balaban J connectivity index is 1.95. The van der Waals surface area contributed by atoms with E-state index in [1.54, 1.807) is 36.4 Å². The van der Waals surface area contributed by atoms with E-state index in [2.05, 4.69) is 10.0 Å². The van der Waals surface area contributed by atoms with Crippen LogP contribution in [0.1, 0.15) is 18.1 Å². The van der Waals surface area contributed by atoms with Gasteiger partial charge in [0.2, 0.25) is 15.9 Å². The molecule has 2 aromatic carbocycles. The van der Waals surface area contributed by atoms with E-state index >= 15 is 0 Å². The van der Waals surface area contributed by atoms with Gasteiger partial charge in [0, 0.05) is 11.6 Å². The van der Waals surface area contributed by atoms with Crippen molar-refractivity contribution >= 4 is 27.5 Å². The molecule has 5 nitrogen and oxygen atoms in total. The lowest BCUT2D eigenvalue weighted by molar-refractivity contribution is -0.122. The van der Waals surface area contributed by atoms with Gasteiger partial charge >= 0.3 is 0 Å². The Bertz CT molecular complexity index is 803. The Labute approximate surface area is 147 Å². The molecule has 0 saturated heterocycles. The van der Waals surface area contributed by atoms with Gasteiger partial charge in [-0.05, 0) is 43.7 Å². The van der Waals surface area contributed by atoms with Crippen molar-refractivity contribution in [3.05, 3.63) is 64.7 Å². The van der Waals surface area contributed by atoms with Gasteiger partial charge in [-0.3, -0.25) is 4.79 Å². The smallest absolute Gasteiger partial charge is 0.241 e. The van der Waals surface area contributed by atoms with Crippen LogP contribution < -0.4 is 10.0 Å². The number of aryl methyl sites for hydroxylation is 1. The summed E-state index contributed by atoms with van der Waals surface area (Å²) in [4.78, 5) is 12.2. The zero-order chi connectivity index (χ0) is 17.7. The highest BCUT2D eigenvalue weighted by molar-refractivity contribution is 7.89. The molecule has 0 heterocycles. The van der Waals surface area contributed by atoms with E-state index in [0.29, 0.717) is 11.6 Å². The van der Waals surface area contributed by atoms with Gasteiger partial charge in [0.05, 0.1) is 10.9 Å². The van der Waals surface area contributed by atoms with Crippen LogP contribution in [0.2, 0.25) is 5.02 Å². The first-order valence-electron chi connectivity index (χ1n) is 7.39. The van der Waals surface area contributed by atoms with E-state index in [-0.39, 0.29) is 4.90 Å². The molecular weight excluding hydrogens is 348 g/mol. The van der Waals surface area contributed by atoms with E-state index in [1.807, 2.05) is 6.92 Å². The maximum atomic E-state index is 12.3. The molecule has 0 aliphatic heterocycles. The number of carbonyl (C=O) groups is 1. The summed E-state index contributed by atoms with van der Waals surface area (Å²) in [6.45, 7) is 3.67. The molecule has 128 valence electrons. The van der Waals surface area contributed by atoms with Crippen LogP contribution in [0.15, 0.2) is 53.4 Å². The van der Waals surface area contributed by atoms with E-state index in [1.165, 1.54) is 19.1 Å². The van der Waals surface area contributed by atoms with E-state index in [9.17, 15) is 13.2 Å². The second-order valence-corrected chi connectivity index (χ2v) is 7.65. The van der Waals surface area contributed by atoms with Crippen molar-refractivity contribution in [2.24, 2.45) is 0 Å². The Morgan fingerprint density at radius 1 is 1.08 bits per heavy atom. The normalized spacial score (nSPS) is 12.6.